The van der Waals surface area contributed by atoms with E-state index < -0.39 is 0 Å². The number of aromatic nitrogens is 1. The monoisotopic (exact) mass is 425 g/mol. The smallest absolute Gasteiger partial charge is 0.243 e. The average molecular weight is 426 g/mol. The molecule has 6 heteroatoms. The normalized spacial score (nSPS) is 19.4. The molecule has 2 aromatic rings. The largest absolute Gasteiger partial charge is 0.348 e. The molecule has 1 aromatic carbocycles. The van der Waals surface area contributed by atoms with Crippen molar-refractivity contribution in [3.63, 3.8) is 0 Å². The molecular weight excluding hydrogens is 393 g/mol. The molecule has 1 aromatic heterocycles. The molecule has 1 fully saturated rings. The molecule has 0 radical (unpaired) electrons. The van der Waals surface area contributed by atoms with Crippen LogP contribution in [0.1, 0.15) is 63.3 Å². The lowest BCUT2D eigenvalue weighted by atomic mass is 9.88. The Hall–Kier alpha value is -2.63. The SMILES string of the molecule is CC(C)N(CC(=O)N1CCn2cccc2C1c1cccc(F)c1)C(=O)C1CCCCC1. The lowest BCUT2D eigenvalue weighted by molar-refractivity contribution is -0.146. The second-order valence-electron chi connectivity index (χ2n) is 9.07. The summed E-state index contributed by atoms with van der Waals surface area (Å²) in [5, 5.41) is 0. The van der Waals surface area contributed by atoms with Gasteiger partial charge in [0.1, 0.15) is 12.4 Å². The van der Waals surface area contributed by atoms with Crippen LogP contribution in [0.25, 0.3) is 0 Å². The fourth-order valence-electron chi connectivity index (χ4n) is 5.02. The van der Waals surface area contributed by atoms with Gasteiger partial charge in [0.05, 0.1) is 6.04 Å². The Kier molecular flexibility index (Phi) is 6.44. The predicted molar refractivity (Wildman–Crippen MR) is 118 cm³/mol. The van der Waals surface area contributed by atoms with Crippen LogP contribution in [0.5, 0.6) is 0 Å². The molecule has 1 unspecified atom stereocenters. The third-order valence-electron chi connectivity index (χ3n) is 6.69. The van der Waals surface area contributed by atoms with E-state index in [2.05, 4.69) is 4.57 Å². The number of fused-ring (bicyclic) bond motifs is 1. The summed E-state index contributed by atoms with van der Waals surface area (Å²) in [4.78, 5) is 30.3. The van der Waals surface area contributed by atoms with Crippen molar-refractivity contribution in [3.8, 4) is 0 Å². The van der Waals surface area contributed by atoms with Gasteiger partial charge in [-0.3, -0.25) is 9.59 Å². The zero-order valence-electron chi connectivity index (χ0n) is 18.5. The van der Waals surface area contributed by atoms with E-state index in [1.165, 1.54) is 18.6 Å². The highest BCUT2D eigenvalue weighted by atomic mass is 19.1. The third kappa shape index (κ3) is 4.53. The van der Waals surface area contributed by atoms with Gasteiger partial charge in [-0.05, 0) is 56.5 Å². The molecule has 0 bridgehead atoms. The number of hydrogen-bond acceptors (Lipinski definition) is 2. The Balaban J connectivity index is 1.58. The van der Waals surface area contributed by atoms with Crippen molar-refractivity contribution in [2.45, 2.75) is 64.6 Å². The molecule has 0 spiro atoms. The summed E-state index contributed by atoms with van der Waals surface area (Å²) in [6.45, 7) is 5.24. The molecule has 4 rings (SSSR count). The molecule has 0 saturated heterocycles. The Morgan fingerprint density at radius 3 is 2.58 bits per heavy atom. The van der Waals surface area contributed by atoms with Crippen LogP contribution in [0.4, 0.5) is 4.39 Å². The molecule has 1 atom stereocenters. The van der Waals surface area contributed by atoms with Crippen molar-refractivity contribution in [2.24, 2.45) is 5.92 Å². The fraction of sp³-hybridized carbons (Fsp3) is 0.520. The van der Waals surface area contributed by atoms with Gasteiger partial charge in [-0.15, -0.1) is 0 Å². The van der Waals surface area contributed by atoms with Crippen LogP contribution in [0.3, 0.4) is 0 Å². The fourth-order valence-corrected chi connectivity index (χ4v) is 5.02. The molecule has 1 saturated carbocycles. The van der Waals surface area contributed by atoms with Crippen molar-refractivity contribution in [1.82, 2.24) is 14.4 Å². The van der Waals surface area contributed by atoms with E-state index in [9.17, 15) is 14.0 Å². The van der Waals surface area contributed by atoms with Crippen LogP contribution in [0.15, 0.2) is 42.6 Å². The molecule has 1 aliphatic carbocycles. The lowest BCUT2D eigenvalue weighted by Gasteiger charge is -2.39. The highest BCUT2D eigenvalue weighted by molar-refractivity contribution is 5.86. The van der Waals surface area contributed by atoms with Crippen LogP contribution >= 0.6 is 0 Å². The first-order valence-electron chi connectivity index (χ1n) is 11.5. The molecule has 1 aliphatic heterocycles. The molecule has 31 heavy (non-hydrogen) atoms. The van der Waals surface area contributed by atoms with Gasteiger partial charge in [0.15, 0.2) is 0 Å². The molecular formula is C25H32FN3O2. The van der Waals surface area contributed by atoms with Gasteiger partial charge in [0.25, 0.3) is 0 Å². The molecule has 5 nitrogen and oxygen atoms in total. The van der Waals surface area contributed by atoms with Crippen LogP contribution < -0.4 is 0 Å². The number of amides is 2. The van der Waals surface area contributed by atoms with Crippen LogP contribution in [0.2, 0.25) is 0 Å². The summed E-state index contributed by atoms with van der Waals surface area (Å²) in [7, 11) is 0. The van der Waals surface area contributed by atoms with Gasteiger partial charge >= 0.3 is 0 Å². The summed E-state index contributed by atoms with van der Waals surface area (Å²) in [5.74, 6) is -0.267. The molecule has 0 N–H and O–H groups in total. The highest BCUT2D eigenvalue weighted by Gasteiger charge is 2.35. The van der Waals surface area contributed by atoms with Gasteiger partial charge in [-0.2, -0.15) is 0 Å². The Morgan fingerprint density at radius 2 is 1.87 bits per heavy atom. The maximum absolute atomic E-state index is 14.0. The summed E-state index contributed by atoms with van der Waals surface area (Å²) >= 11 is 0. The number of rotatable bonds is 5. The second kappa shape index (κ2) is 9.25. The number of carbonyl (C=O) groups is 2. The Morgan fingerprint density at radius 1 is 1.10 bits per heavy atom. The van der Waals surface area contributed by atoms with E-state index in [0.717, 1.165) is 36.9 Å². The summed E-state index contributed by atoms with van der Waals surface area (Å²) in [6, 6.07) is 10.0. The van der Waals surface area contributed by atoms with Gasteiger partial charge in [-0.1, -0.05) is 31.4 Å². The maximum atomic E-state index is 14.0. The maximum Gasteiger partial charge on any atom is 0.243 e. The lowest BCUT2D eigenvalue weighted by Crippen LogP contribution is -2.50. The third-order valence-corrected chi connectivity index (χ3v) is 6.69. The van der Waals surface area contributed by atoms with Crippen LogP contribution in [-0.4, -0.2) is 45.3 Å². The van der Waals surface area contributed by atoms with Crippen LogP contribution in [0, 0.1) is 11.7 Å². The minimum absolute atomic E-state index is 0.0292. The van der Waals surface area contributed by atoms with Crippen molar-refractivity contribution in [2.75, 3.05) is 13.1 Å². The van der Waals surface area contributed by atoms with E-state index >= 15 is 0 Å². The number of carbonyl (C=O) groups excluding carboxylic acids is 2. The molecule has 166 valence electrons. The van der Waals surface area contributed by atoms with E-state index in [4.69, 9.17) is 0 Å². The quantitative estimate of drug-likeness (QED) is 0.714. The summed E-state index contributed by atoms with van der Waals surface area (Å²) in [6.07, 6.45) is 7.18. The first-order valence-corrected chi connectivity index (χ1v) is 11.5. The van der Waals surface area contributed by atoms with Gasteiger partial charge in [-0.25, -0.2) is 4.39 Å². The van der Waals surface area contributed by atoms with Crippen LogP contribution in [-0.2, 0) is 16.1 Å². The number of halogens is 1. The molecule has 2 amide bonds. The second-order valence-corrected chi connectivity index (χ2v) is 9.07. The summed E-state index contributed by atoms with van der Waals surface area (Å²) < 4.78 is 16.1. The topological polar surface area (TPSA) is 45.6 Å². The van der Waals surface area contributed by atoms with Crippen molar-refractivity contribution in [1.29, 1.82) is 0 Å². The van der Waals surface area contributed by atoms with E-state index in [0.29, 0.717) is 13.1 Å². The van der Waals surface area contributed by atoms with Crippen molar-refractivity contribution < 1.29 is 14.0 Å². The Labute approximate surface area is 183 Å². The minimum Gasteiger partial charge on any atom is -0.348 e. The zero-order chi connectivity index (χ0) is 22.0. The van der Waals surface area contributed by atoms with Crippen molar-refractivity contribution in [3.05, 3.63) is 59.7 Å². The predicted octanol–water partition coefficient (Wildman–Crippen LogP) is 4.38. The van der Waals surface area contributed by atoms with Gasteiger partial charge < -0.3 is 14.4 Å². The summed E-state index contributed by atoms with van der Waals surface area (Å²) in [5.41, 5.74) is 1.72. The molecule has 2 aliphatic rings. The van der Waals surface area contributed by atoms with Gasteiger partial charge in [0.2, 0.25) is 11.8 Å². The molecule has 2 heterocycles. The first kappa shape index (κ1) is 21.6. The van der Waals surface area contributed by atoms with Gasteiger partial charge in [0, 0.05) is 36.9 Å². The van der Waals surface area contributed by atoms with E-state index in [1.807, 2.05) is 43.1 Å². The van der Waals surface area contributed by atoms with E-state index in [1.54, 1.807) is 11.0 Å². The Bertz CT molecular complexity index is 932. The van der Waals surface area contributed by atoms with Crippen molar-refractivity contribution >= 4 is 11.8 Å². The highest BCUT2D eigenvalue weighted by Crippen LogP contribution is 2.33. The number of hydrogen-bond donors (Lipinski definition) is 0. The standard InChI is InChI=1S/C25H32FN3O2/c1-18(2)29(25(31)19-8-4-3-5-9-19)17-23(30)28-15-14-27-13-7-12-22(27)24(28)20-10-6-11-21(26)16-20/h6-7,10-13,16,18-19,24H,3-5,8-9,14-15,17H2,1-2H3. The number of benzene rings is 1. The zero-order valence-corrected chi connectivity index (χ0v) is 18.5. The average Bonchev–Trinajstić information content (AvgIpc) is 3.25. The first-order chi connectivity index (χ1) is 15.0. The number of nitrogens with zero attached hydrogens (tertiary/aromatic N) is 3. The van der Waals surface area contributed by atoms with E-state index in [-0.39, 0.29) is 42.2 Å². The minimum atomic E-state index is -0.356.